The van der Waals surface area contributed by atoms with E-state index in [-0.39, 0.29) is 12.4 Å². The van der Waals surface area contributed by atoms with Crippen LogP contribution in [0.25, 0.3) is 0 Å². The van der Waals surface area contributed by atoms with Gasteiger partial charge in [0, 0.05) is 5.02 Å². The molecule has 0 aromatic heterocycles. The summed E-state index contributed by atoms with van der Waals surface area (Å²) in [5.41, 5.74) is 3.03. The molecule has 2 aromatic carbocycles. The summed E-state index contributed by atoms with van der Waals surface area (Å²) in [6, 6.07) is 12.9. The van der Waals surface area contributed by atoms with Gasteiger partial charge in [-0.15, -0.1) is 0 Å². The van der Waals surface area contributed by atoms with Crippen LogP contribution in [0.1, 0.15) is 5.56 Å². The smallest absolute Gasteiger partial charge is 0.277 e. The van der Waals surface area contributed by atoms with Gasteiger partial charge in [-0.05, 0) is 29.8 Å². The average Bonchev–Trinajstić information content (AvgIpc) is 2.46. The first kappa shape index (κ1) is 15.0. The van der Waals surface area contributed by atoms with Gasteiger partial charge in [-0.25, -0.2) is 9.82 Å². The molecule has 2 rings (SSSR count). The summed E-state index contributed by atoms with van der Waals surface area (Å²) < 4.78 is 18.3. The Kier molecular flexibility index (Phi) is 5.29. The standard InChI is InChI=1S/C15H12ClFN2O2/c16-12-5-3-4-11(8-12)9-18-19-15(20)10-21-14-7-2-1-6-13(14)17/h1-9H,10H2,(H,19,20)/b18-9+. The lowest BCUT2D eigenvalue weighted by molar-refractivity contribution is -0.123. The van der Waals surface area contributed by atoms with Crippen molar-refractivity contribution >= 4 is 23.7 Å². The van der Waals surface area contributed by atoms with E-state index in [1.165, 1.54) is 24.4 Å². The number of halogens is 2. The van der Waals surface area contributed by atoms with Gasteiger partial charge in [0.1, 0.15) is 0 Å². The van der Waals surface area contributed by atoms with Gasteiger partial charge >= 0.3 is 0 Å². The second kappa shape index (κ2) is 7.40. The molecule has 2 aromatic rings. The molecule has 0 fully saturated rings. The maximum Gasteiger partial charge on any atom is 0.277 e. The molecule has 0 radical (unpaired) electrons. The van der Waals surface area contributed by atoms with Crippen LogP contribution in [0.5, 0.6) is 5.75 Å². The minimum absolute atomic E-state index is 0.0199. The van der Waals surface area contributed by atoms with Gasteiger partial charge in [0.15, 0.2) is 18.2 Å². The van der Waals surface area contributed by atoms with Crippen LogP contribution >= 0.6 is 11.6 Å². The van der Waals surface area contributed by atoms with E-state index in [2.05, 4.69) is 10.5 Å². The van der Waals surface area contributed by atoms with Crippen molar-refractivity contribution in [1.82, 2.24) is 5.43 Å². The Balaban J connectivity index is 1.81. The molecule has 0 saturated heterocycles. The molecular formula is C15H12ClFN2O2. The number of benzene rings is 2. The normalized spacial score (nSPS) is 10.6. The van der Waals surface area contributed by atoms with Crippen molar-refractivity contribution in [2.24, 2.45) is 5.10 Å². The van der Waals surface area contributed by atoms with Gasteiger partial charge < -0.3 is 4.74 Å². The molecule has 0 heterocycles. The van der Waals surface area contributed by atoms with E-state index >= 15 is 0 Å². The maximum atomic E-state index is 13.3. The van der Waals surface area contributed by atoms with Crippen molar-refractivity contribution in [3.63, 3.8) is 0 Å². The van der Waals surface area contributed by atoms with Crippen LogP contribution in [-0.2, 0) is 4.79 Å². The van der Waals surface area contributed by atoms with Crippen LogP contribution < -0.4 is 10.2 Å². The molecule has 0 aliphatic rings. The maximum absolute atomic E-state index is 13.3. The van der Waals surface area contributed by atoms with E-state index < -0.39 is 11.7 Å². The number of rotatable bonds is 5. The Morgan fingerprint density at radius 3 is 2.86 bits per heavy atom. The van der Waals surface area contributed by atoms with Crippen molar-refractivity contribution in [2.45, 2.75) is 0 Å². The van der Waals surface area contributed by atoms with E-state index in [0.717, 1.165) is 5.56 Å². The Bertz CT molecular complexity index is 662. The monoisotopic (exact) mass is 306 g/mol. The van der Waals surface area contributed by atoms with E-state index in [4.69, 9.17) is 16.3 Å². The van der Waals surface area contributed by atoms with Gasteiger partial charge in [-0.3, -0.25) is 4.79 Å². The third-order valence-corrected chi connectivity index (χ3v) is 2.68. The zero-order valence-corrected chi connectivity index (χ0v) is 11.7. The van der Waals surface area contributed by atoms with Crippen molar-refractivity contribution in [3.8, 4) is 5.75 Å². The second-order valence-electron chi connectivity index (χ2n) is 4.07. The first-order valence-electron chi connectivity index (χ1n) is 6.10. The summed E-state index contributed by atoms with van der Waals surface area (Å²) in [4.78, 5) is 11.5. The number of amides is 1. The molecule has 0 spiro atoms. The highest BCUT2D eigenvalue weighted by atomic mass is 35.5. The van der Waals surface area contributed by atoms with Crippen molar-refractivity contribution < 1.29 is 13.9 Å². The van der Waals surface area contributed by atoms with Crippen molar-refractivity contribution in [3.05, 3.63) is 64.9 Å². The number of nitrogens with one attached hydrogen (secondary N) is 1. The first-order chi connectivity index (χ1) is 10.1. The Hall–Kier alpha value is -2.40. The molecule has 0 aliphatic heterocycles. The minimum Gasteiger partial charge on any atom is -0.481 e. The van der Waals surface area contributed by atoms with Gasteiger partial charge in [-0.1, -0.05) is 35.9 Å². The Morgan fingerprint density at radius 1 is 1.29 bits per heavy atom. The van der Waals surface area contributed by atoms with Gasteiger partial charge in [-0.2, -0.15) is 5.10 Å². The molecule has 0 saturated carbocycles. The van der Waals surface area contributed by atoms with Crippen molar-refractivity contribution in [2.75, 3.05) is 6.61 Å². The minimum atomic E-state index is -0.521. The summed E-state index contributed by atoms with van der Waals surface area (Å²) in [6.45, 7) is -0.326. The highest BCUT2D eigenvalue weighted by Crippen LogP contribution is 2.14. The lowest BCUT2D eigenvalue weighted by atomic mass is 10.2. The van der Waals surface area contributed by atoms with E-state index in [9.17, 15) is 9.18 Å². The number of nitrogens with zero attached hydrogens (tertiary/aromatic N) is 1. The fourth-order valence-corrected chi connectivity index (χ4v) is 1.70. The van der Waals surface area contributed by atoms with Crippen LogP contribution in [0, 0.1) is 5.82 Å². The lowest BCUT2D eigenvalue weighted by Gasteiger charge is -2.05. The number of hydrazone groups is 1. The van der Waals surface area contributed by atoms with Crippen LogP contribution in [0.4, 0.5) is 4.39 Å². The number of carbonyl (C=O) groups excluding carboxylic acids is 1. The Labute approximate surface area is 126 Å². The van der Waals surface area contributed by atoms with E-state index in [0.29, 0.717) is 5.02 Å². The molecule has 0 bridgehead atoms. The third kappa shape index (κ3) is 4.89. The van der Waals surface area contributed by atoms with Gasteiger partial charge in [0.2, 0.25) is 0 Å². The molecule has 0 unspecified atom stereocenters. The average molecular weight is 307 g/mol. The highest BCUT2D eigenvalue weighted by Gasteiger charge is 2.05. The number of para-hydroxylation sites is 1. The third-order valence-electron chi connectivity index (χ3n) is 2.45. The summed E-state index contributed by atoms with van der Waals surface area (Å²) in [6.07, 6.45) is 1.45. The Morgan fingerprint density at radius 2 is 2.10 bits per heavy atom. The summed E-state index contributed by atoms with van der Waals surface area (Å²) in [7, 11) is 0. The predicted molar refractivity (Wildman–Crippen MR) is 79.1 cm³/mol. The fourth-order valence-electron chi connectivity index (χ4n) is 1.50. The summed E-state index contributed by atoms with van der Waals surface area (Å²) in [5.74, 6) is -0.990. The summed E-state index contributed by atoms with van der Waals surface area (Å²) in [5, 5.41) is 4.34. The summed E-state index contributed by atoms with van der Waals surface area (Å²) >= 11 is 5.81. The quantitative estimate of drug-likeness (QED) is 0.682. The van der Waals surface area contributed by atoms with Crippen LogP contribution in [0.15, 0.2) is 53.6 Å². The molecule has 21 heavy (non-hydrogen) atoms. The largest absolute Gasteiger partial charge is 0.481 e. The number of carbonyl (C=O) groups is 1. The number of hydrogen-bond donors (Lipinski definition) is 1. The molecule has 1 amide bonds. The molecule has 0 atom stereocenters. The molecule has 0 aliphatic carbocycles. The molecule has 6 heteroatoms. The zero-order valence-electron chi connectivity index (χ0n) is 10.9. The van der Waals surface area contributed by atoms with E-state index in [1.807, 2.05) is 0 Å². The topological polar surface area (TPSA) is 50.7 Å². The van der Waals surface area contributed by atoms with Gasteiger partial charge in [0.05, 0.1) is 6.21 Å². The predicted octanol–water partition coefficient (Wildman–Crippen LogP) is 3.01. The number of hydrogen-bond acceptors (Lipinski definition) is 3. The van der Waals surface area contributed by atoms with E-state index in [1.54, 1.807) is 30.3 Å². The zero-order chi connectivity index (χ0) is 15.1. The molecular weight excluding hydrogens is 295 g/mol. The lowest BCUT2D eigenvalue weighted by Crippen LogP contribution is -2.24. The fraction of sp³-hybridized carbons (Fsp3) is 0.0667. The van der Waals surface area contributed by atoms with Gasteiger partial charge in [0.25, 0.3) is 5.91 Å². The second-order valence-corrected chi connectivity index (χ2v) is 4.50. The van der Waals surface area contributed by atoms with Crippen LogP contribution in [0.2, 0.25) is 5.02 Å². The SMILES string of the molecule is O=C(COc1ccccc1F)N/N=C/c1cccc(Cl)c1. The molecule has 108 valence electrons. The van der Waals surface area contributed by atoms with Crippen LogP contribution in [-0.4, -0.2) is 18.7 Å². The first-order valence-corrected chi connectivity index (χ1v) is 6.48. The highest BCUT2D eigenvalue weighted by molar-refractivity contribution is 6.30. The molecule has 1 N–H and O–H groups in total. The van der Waals surface area contributed by atoms with Crippen molar-refractivity contribution in [1.29, 1.82) is 0 Å². The number of ether oxygens (including phenoxy) is 1. The molecule has 4 nitrogen and oxygen atoms in total. The van der Waals surface area contributed by atoms with Crippen LogP contribution in [0.3, 0.4) is 0 Å².